The molecule has 0 aromatic heterocycles. The number of ketones is 2. The molecule has 9 heteroatoms. The minimum atomic E-state index is -2.53. The van der Waals surface area contributed by atoms with E-state index >= 15 is 0 Å². The molecule has 0 spiro atoms. The van der Waals surface area contributed by atoms with E-state index in [0.717, 1.165) is 41.5 Å². The Morgan fingerprint density at radius 2 is 1.62 bits per heavy atom. The van der Waals surface area contributed by atoms with Gasteiger partial charge in [0.1, 0.15) is 17.8 Å². The number of Topliss-reactive ketones (excluding diaryl/α,β-unsaturated/α-hetero) is 2. The van der Waals surface area contributed by atoms with Crippen molar-refractivity contribution < 1.29 is 34.8 Å². The Labute approximate surface area is 280 Å². The molecule has 3 aromatic carbocycles. The number of nitrogens with zero attached hydrogens (tertiary/aromatic N) is 1. The number of phenolic OH excluding ortho intramolecular Hbond substituents is 1. The Morgan fingerprint density at radius 3 is 2.27 bits per heavy atom. The predicted molar refractivity (Wildman–Crippen MR) is 181 cm³/mol. The third kappa shape index (κ3) is 4.40. The summed E-state index contributed by atoms with van der Waals surface area (Å²) in [6, 6.07) is 15.8. The first-order chi connectivity index (χ1) is 22.7. The number of fused-ring (bicyclic) bond motifs is 4. The lowest BCUT2D eigenvalue weighted by Crippen LogP contribution is -2.79. The highest BCUT2D eigenvalue weighted by molar-refractivity contribution is 6.10. The number of hydrogen-bond acceptors (Lipinski definition) is 8. The molecule has 7 rings (SSSR count). The van der Waals surface area contributed by atoms with E-state index in [-0.39, 0.29) is 30.1 Å². The van der Waals surface area contributed by atoms with Gasteiger partial charge in [-0.15, -0.1) is 0 Å². The number of carbonyl (C=O) groups excluding carboxylic acids is 3. The fourth-order valence-electron chi connectivity index (χ4n) is 10.7. The number of aliphatic hydroxyl groups is 3. The number of likely N-dealkylation sites (tertiary alicyclic amines) is 1. The summed E-state index contributed by atoms with van der Waals surface area (Å²) in [6.07, 6.45) is -0.603. The van der Waals surface area contributed by atoms with Crippen LogP contribution in [0, 0.1) is 34.5 Å². The fraction of sp³-hybridized carbons (Fsp3) is 0.513. The molecule has 0 radical (unpaired) electrons. The molecule has 4 aliphatic rings. The van der Waals surface area contributed by atoms with Gasteiger partial charge in [0.2, 0.25) is 5.91 Å². The lowest BCUT2D eigenvalue weighted by Gasteiger charge is -2.66. The van der Waals surface area contributed by atoms with Gasteiger partial charge < -0.3 is 26.2 Å². The van der Waals surface area contributed by atoms with E-state index in [4.69, 9.17) is 5.73 Å². The molecule has 254 valence electrons. The fourth-order valence-corrected chi connectivity index (χ4v) is 10.7. The van der Waals surface area contributed by atoms with Gasteiger partial charge in [-0.2, -0.15) is 0 Å². The van der Waals surface area contributed by atoms with Crippen LogP contribution in [-0.4, -0.2) is 73.7 Å². The molecule has 1 saturated heterocycles. The van der Waals surface area contributed by atoms with Gasteiger partial charge in [0.05, 0.1) is 17.6 Å². The zero-order valence-corrected chi connectivity index (χ0v) is 28.1. The Kier molecular flexibility index (Phi) is 7.68. The second-order valence-corrected chi connectivity index (χ2v) is 15.8. The highest BCUT2D eigenvalue weighted by atomic mass is 16.4. The first-order valence-corrected chi connectivity index (χ1v) is 17.2. The Hall–Kier alpha value is -3.63. The van der Waals surface area contributed by atoms with Gasteiger partial charge in [-0.3, -0.25) is 19.3 Å². The summed E-state index contributed by atoms with van der Waals surface area (Å²) in [5.74, 6) is -7.04. The average molecular weight is 655 g/mol. The molecule has 3 aliphatic carbocycles. The van der Waals surface area contributed by atoms with Gasteiger partial charge in [0.15, 0.2) is 17.2 Å². The molecular weight excluding hydrogens is 608 g/mol. The quantitative estimate of drug-likeness (QED) is 0.258. The molecule has 48 heavy (non-hydrogen) atoms. The highest BCUT2D eigenvalue weighted by Crippen LogP contribution is 2.66. The Morgan fingerprint density at radius 1 is 0.979 bits per heavy atom. The summed E-state index contributed by atoms with van der Waals surface area (Å²) in [4.78, 5) is 43.6. The topological polar surface area (TPSA) is 161 Å². The molecule has 0 bridgehead atoms. The Bertz CT molecular complexity index is 1850. The van der Waals surface area contributed by atoms with E-state index in [2.05, 4.69) is 29.2 Å². The molecule has 1 amide bonds. The number of aromatic hydroxyl groups is 1. The summed E-state index contributed by atoms with van der Waals surface area (Å²) >= 11 is 0. The lowest BCUT2D eigenvalue weighted by molar-refractivity contribution is -0.265. The number of benzene rings is 3. The molecular formula is C39H46N2O7. The van der Waals surface area contributed by atoms with Gasteiger partial charge >= 0.3 is 0 Å². The van der Waals surface area contributed by atoms with Crippen LogP contribution >= 0.6 is 0 Å². The highest BCUT2D eigenvalue weighted by Gasteiger charge is 2.76. The van der Waals surface area contributed by atoms with Crippen molar-refractivity contribution in [2.45, 2.75) is 77.7 Å². The van der Waals surface area contributed by atoms with Crippen molar-refractivity contribution >= 4 is 28.2 Å². The van der Waals surface area contributed by atoms with Crippen molar-refractivity contribution in [3.8, 4) is 16.9 Å². The number of primary amides is 1. The van der Waals surface area contributed by atoms with Crippen molar-refractivity contribution in [2.75, 3.05) is 13.1 Å². The summed E-state index contributed by atoms with van der Waals surface area (Å²) in [5, 5.41) is 49.3. The van der Waals surface area contributed by atoms with E-state index in [0.29, 0.717) is 5.56 Å². The zero-order valence-electron chi connectivity index (χ0n) is 28.1. The number of amides is 1. The van der Waals surface area contributed by atoms with Gasteiger partial charge in [-0.05, 0) is 95.1 Å². The van der Waals surface area contributed by atoms with Crippen molar-refractivity contribution in [1.29, 1.82) is 0 Å². The van der Waals surface area contributed by atoms with Crippen LogP contribution in [0.4, 0.5) is 0 Å². The molecule has 1 heterocycles. The Balaban J connectivity index is 1.39. The molecule has 1 aliphatic heterocycles. The smallest absolute Gasteiger partial charge is 0.230 e. The maximum Gasteiger partial charge on any atom is 0.230 e. The second-order valence-electron chi connectivity index (χ2n) is 15.8. The van der Waals surface area contributed by atoms with Crippen molar-refractivity contribution in [2.24, 2.45) is 40.2 Å². The summed E-state index contributed by atoms with van der Waals surface area (Å²) in [6.45, 7) is 10.2. The van der Waals surface area contributed by atoms with Crippen LogP contribution in [0.2, 0.25) is 0 Å². The number of phenols is 1. The van der Waals surface area contributed by atoms with Gasteiger partial charge in [-0.25, -0.2) is 0 Å². The van der Waals surface area contributed by atoms with E-state index in [9.17, 15) is 34.8 Å². The molecule has 3 aromatic rings. The maximum absolute atomic E-state index is 14.6. The van der Waals surface area contributed by atoms with Crippen molar-refractivity contribution in [1.82, 2.24) is 4.90 Å². The van der Waals surface area contributed by atoms with Crippen LogP contribution in [0.25, 0.3) is 21.9 Å². The average Bonchev–Trinajstić information content (AvgIpc) is 3.52. The molecule has 9 nitrogen and oxygen atoms in total. The monoisotopic (exact) mass is 654 g/mol. The number of hydrogen-bond donors (Lipinski definition) is 5. The number of rotatable bonds is 5. The van der Waals surface area contributed by atoms with Gasteiger partial charge in [0.25, 0.3) is 0 Å². The van der Waals surface area contributed by atoms with Crippen LogP contribution in [0.1, 0.15) is 68.4 Å². The minimum Gasteiger partial charge on any atom is -0.507 e. The van der Waals surface area contributed by atoms with E-state index in [1.807, 2.05) is 39.0 Å². The van der Waals surface area contributed by atoms with E-state index < -0.39 is 63.9 Å². The molecule has 3 fully saturated rings. The van der Waals surface area contributed by atoms with Gasteiger partial charge in [0, 0.05) is 12.0 Å². The summed E-state index contributed by atoms with van der Waals surface area (Å²) in [7, 11) is 0. The van der Waals surface area contributed by atoms with Crippen molar-refractivity contribution in [3.05, 3.63) is 65.2 Å². The predicted octanol–water partition coefficient (Wildman–Crippen LogP) is 3.99. The third-order valence-electron chi connectivity index (χ3n) is 12.6. The number of nitrogens with two attached hydrogens (primary N) is 1. The minimum absolute atomic E-state index is 0.0709. The van der Waals surface area contributed by atoms with Crippen LogP contribution < -0.4 is 5.73 Å². The number of aliphatic hydroxyl groups excluding tert-OH is 2. The van der Waals surface area contributed by atoms with E-state index in [1.54, 1.807) is 6.92 Å². The first kappa shape index (κ1) is 32.9. The molecule has 4 unspecified atom stereocenters. The molecule has 2 saturated carbocycles. The van der Waals surface area contributed by atoms with Crippen LogP contribution in [0.3, 0.4) is 0 Å². The standard InChI is InChI=1S/C39H46N2O7/c1-20(2)30-33(44)29(36(40)47)34(45)39(48)35(46)31-32(43)28-26(17-37(31,3)19-38(30,39)4)25(13-14-27(28)42)24-12-11-21(18-41-15-7-8-16-41)22-9-5-6-10-23(22)24/h5-6,9-14,20,29-31,33,35,42,44,46,48H,7-8,15-19H2,1-4H3,(H2,40,47)/t29?,30-,31?,33?,35?,37+,38+,39-/m0/s1. The molecule has 6 N–H and O–H groups in total. The van der Waals surface area contributed by atoms with Crippen LogP contribution in [-0.2, 0) is 22.6 Å². The molecule has 8 atom stereocenters. The largest absolute Gasteiger partial charge is 0.507 e. The second kappa shape index (κ2) is 11.2. The third-order valence-corrected chi connectivity index (χ3v) is 12.6. The summed E-state index contributed by atoms with van der Waals surface area (Å²) < 4.78 is 0. The van der Waals surface area contributed by atoms with E-state index in [1.165, 1.54) is 24.5 Å². The van der Waals surface area contributed by atoms with Crippen LogP contribution in [0.15, 0.2) is 48.5 Å². The van der Waals surface area contributed by atoms with Gasteiger partial charge in [-0.1, -0.05) is 70.2 Å². The van der Waals surface area contributed by atoms with Crippen molar-refractivity contribution in [3.63, 3.8) is 0 Å². The SMILES string of the molecule is CC(C)[C@H]1C(O)C(C(N)=O)C(=O)[C@]2(O)C(O)C3C(=O)c4c(O)ccc(-c5ccc(CN6CCCC6)c6ccccc56)c4C[C@]3(C)C[C@]12C. The normalized spacial score (nSPS) is 35.0. The maximum atomic E-state index is 14.6. The summed E-state index contributed by atoms with van der Waals surface area (Å²) in [5.41, 5.74) is 4.34. The number of carbonyl (C=O) groups is 3. The lowest BCUT2D eigenvalue weighted by atomic mass is 9.39. The zero-order chi connectivity index (χ0) is 34.5. The van der Waals surface area contributed by atoms with Crippen LogP contribution in [0.5, 0.6) is 5.75 Å². The first-order valence-electron chi connectivity index (χ1n) is 17.2.